The maximum atomic E-state index is 13.0. The first kappa shape index (κ1) is 21.7. The fraction of sp³-hybridized carbons (Fsp3) is 0.125. The van der Waals surface area contributed by atoms with Gasteiger partial charge in [0.25, 0.3) is 11.8 Å². The molecule has 3 N–H and O–H groups in total. The van der Waals surface area contributed by atoms with Gasteiger partial charge < -0.3 is 16.0 Å². The van der Waals surface area contributed by atoms with E-state index in [2.05, 4.69) is 16.0 Å². The average Bonchev–Trinajstić information content (AvgIpc) is 2.76. The van der Waals surface area contributed by atoms with Crippen molar-refractivity contribution in [1.29, 1.82) is 0 Å². The zero-order valence-electron chi connectivity index (χ0n) is 17.2. The molecule has 158 valence electrons. The van der Waals surface area contributed by atoms with Gasteiger partial charge in [-0.1, -0.05) is 19.1 Å². The fourth-order valence-corrected chi connectivity index (χ4v) is 2.82. The number of hydrogen-bond acceptors (Lipinski definition) is 3. The Bertz CT molecular complexity index is 1130. The Morgan fingerprint density at radius 1 is 0.774 bits per heavy atom. The topological polar surface area (TPSA) is 87.3 Å². The summed E-state index contributed by atoms with van der Waals surface area (Å²) < 4.78 is 13.0. The normalized spacial score (nSPS) is 10.3. The summed E-state index contributed by atoms with van der Waals surface area (Å²) >= 11 is 0. The van der Waals surface area contributed by atoms with E-state index in [1.54, 1.807) is 49.4 Å². The van der Waals surface area contributed by atoms with Crippen LogP contribution in [0.1, 0.15) is 39.6 Å². The van der Waals surface area contributed by atoms with Crippen molar-refractivity contribution in [1.82, 2.24) is 0 Å². The molecule has 3 aromatic rings. The molecule has 0 aliphatic rings. The molecule has 0 radical (unpaired) electrons. The molecule has 7 heteroatoms. The molecule has 0 heterocycles. The summed E-state index contributed by atoms with van der Waals surface area (Å²) in [5, 5.41) is 8.29. The van der Waals surface area contributed by atoms with Gasteiger partial charge in [0.1, 0.15) is 5.82 Å². The van der Waals surface area contributed by atoms with Crippen LogP contribution >= 0.6 is 0 Å². The molecule has 0 aromatic heterocycles. The van der Waals surface area contributed by atoms with E-state index in [9.17, 15) is 18.8 Å². The minimum absolute atomic E-state index is 0.120. The summed E-state index contributed by atoms with van der Waals surface area (Å²) in [4.78, 5) is 36.7. The quantitative estimate of drug-likeness (QED) is 0.526. The third kappa shape index (κ3) is 5.76. The third-order valence-corrected chi connectivity index (χ3v) is 4.58. The maximum Gasteiger partial charge on any atom is 0.255 e. The number of amides is 3. The van der Waals surface area contributed by atoms with Crippen molar-refractivity contribution in [3.05, 3.63) is 89.2 Å². The van der Waals surface area contributed by atoms with Gasteiger partial charge in [0.05, 0.1) is 0 Å². The zero-order valence-corrected chi connectivity index (χ0v) is 17.2. The predicted molar refractivity (Wildman–Crippen MR) is 119 cm³/mol. The molecule has 0 saturated heterocycles. The second-order valence-corrected chi connectivity index (χ2v) is 6.93. The molecule has 0 saturated carbocycles. The summed E-state index contributed by atoms with van der Waals surface area (Å²) in [6.07, 6.45) is 0.353. The molecular weight excluding hydrogens is 397 g/mol. The van der Waals surface area contributed by atoms with Crippen LogP contribution in [0, 0.1) is 12.7 Å². The lowest BCUT2D eigenvalue weighted by molar-refractivity contribution is -0.115. The van der Waals surface area contributed by atoms with Gasteiger partial charge in [-0.25, -0.2) is 4.39 Å². The first-order valence-corrected chi connectivity index (χ1v) is 9.74. The van der Waals surface area contributed by atoms with E-state index in [0.717, 1.165) is 5.56 Å². The van der Waals surface area contributed by atoms with Gasteiger partial charge in [-0.2, -0.15) is 0 Å². The number of anilines is 3. The number of carbonyl (C=O) groups is 3. The third-order valence-electron chi connectivity index (χ3n) is 4.58. The summed E-state index contributed by atoms with van der Waals surface area (Å²) in [5.41, 5.74) is 3.08. The monoisotopic (exact) mass is 419 g/mol. The number of rotatable bonds is 6. The van der Waals surface area contributed by atoms with Gasteiger partial charge in [0.15, 0.2) is 0 Å². The highest BCUT2D eigenvalue weighted by Gasteiger charge is 2.12. The number of benzene rings is 3. The first-order chi connectivity index (χ1) is 14.9. The van der Waals surface area contributed by atoms with Crippen molar-refractivity contribution in [2.24, 2.45) is 0 Å². The van der Waals surface area contributed by atoms with Crippen molar-refractivity contribution < 1.29 is 18.8 Å². The fourth-order valence-electron chi connectivity index (χ4n) is 2.82. The number of halogens is 1. The summed E-state index contributed by atoms with van der Waals surface area (Å²) in [5.74, 6) is -1.32. The molecule has 0 atom stereocenters. The van der Waals surface area contributed by atoms with Gasteiger partial charge in [-0.05, 0) is 67.1 Å². The number of aryl methyl sites for hydroxylation is 1. The highest BCUT2D eigenvalue weighted by atomic mass is 19.1. The largest absolute Gasteiger partial charge is 0.326 e. The van der Waals surface area contributed by atoms with Crippen molar-refractivity contribution in [2.75, 3.05) is 16.0 Å². The Balaban J connectivity index is 1.73. The molecule has 31 heavy (non-hydrogen) atoms. The van der Waals surface area contributed by atoms with E-state index < -0.39 is 11.7 Å². The Morgan fingerprint density at radius 2 is 1.45 bits per heavy atom. The van der Waals surface area contributed by atoms with Crippen LogP contribution in [0.3, 0.4) is 0 Å². The van der Waals surface area contributed by atoms with Crippen LogP contribution in [0.4, 0.5) is 21.5 Å². The Kier molecular flexibility index (Phi) is 6.77. The average molecular weight is 419 g/mol. The first-order valence-electron chi connectivity index (χ1n) is 9.74. The van der Waals surface area contributed by atoms with E-state index in [0.29, 0.717) is 34.6 Å². The van der Waals surface area contributed by atoms with Gasteiger partial charge in [-0.3, -0.25) is 14.4 Å². The second kappa shape index (κ2) is 9.67. The predicted octanol–water partition coefficient (Wildman–Crippen LogP) is 4.99. The van der Waals surface area contributed by atoms with Crippen LogP contribution in [0.2, 0.25) is 0 Å². The van der Waals surface area contributed by atoms with E-state index in [4.69, 9.17) is 0 Å². The lowest BCUT2D eigenvalue weighted by atomic mass is 10.1. The van der Waals surface area contributed by atoms with E-state index >= 15 is 0 Å². The molecule has 0 bridgehead atoms. The number of carbonyl (C=O) groups excluding carboxylic acids is 3. The summed E-state index contributed by atoms with van der Waals surface area (Å²) in [6.45, 7) is 3.61. The van der Waals surface area contributed by atoms with Gasteiger partial charge in [0, 0.05) is 34.6 Å². The van der Waals surface area contributed by atoms with Gasteiger partial charge in [-0.15, -0.1) is 0 Å². The van der Waals surface area contributed by atoms with Crippen molar-refractivity contribution >= 4 is 34.8 Å². The zero-order chi connectivity index (χ0) is 22.4. The lowest BCUT2D eigenvalue weighted by Crippen LogP contribution is -2.15. The lowest BCUT2D eigenvalue weighted by Gasteiger charge is -2.12. The summed E-state index contributed by atoms with van der Waals surface area (Å²) in [7, 11) is 0. The SMILES string of the molecule is CCC(=O)Nc1ccc(C)c(NC(=O)c2cccc(NC(=O)c3ccc(F)cc3)c2)c1. The van der Waals surface area contributed by atoms with Crippen LogP contribution in [-0.2, 0) is 4.79 Å². The highest BCUT2D eigenvalue weighted by molar-refractivity contribution is 6.07. The second-order valence-electron chi connectivity index (χ2n) is 6.93. The van der Waals surface area contributed by atoms with Crippen LogP contribution in [-0.4, -0.2) is 17.7 Å². The standard InChI is InChI=1S/C24H22FN3O3/c1-3-22(29)26-20-12-7-15(2)21(14-20)28-24(31)17-5-4-6-19(13-17)27-23(30)16-8-10-18(25)11-9-16/h4-14H,3H2,1-2H3,(H,26,29)(H,27,30)(H,28,31). The molecule has 6 nitrogen and oxygen atoms in total. The van der Waals surface area contributed by atoms with Gasteiger partial charge >= 0.3 is 0 Å². The molecular formula is C24H22FN3O3. The number of hydrogen-bond donors (Lipinski definition) is 3. The Hall–Kier alpha value is -4.00. The van der Waals surface area contributed by atoms with E-state index in [-0.39, 0.29) is 11.8 Å². The van der Waals surface area contributed by atoms with E-state index in [1.165, 1.54) is 24.3 Å². The Labute approximate surface area is 179 Å². The molecule has 0 spiro atoms. The molecule has 0 aliphatic carbocycles. The minimum atomic E-state index is -0.427. The van der Waals surface area contributed by atoms with Crippen molar-refractivity contribution in [2.45, 2.75) is 20.3 Å². The Morgan fingerprint density at radius 3 is 2.16 bits per heavy atom. The van der Waals surface area contributed by atoms with Crippen LogP contribution < -0.4 is 16.0 Å². The highest BCUT2D eigenvalue weighted by Crippen LogP contribution is 2.22. The molecule has 0 fully saturated rings. The van der Waals surface area contributed by atoms with Crippen molar-refractivity contribution in [3.8, 4) is 0 Å². The van der Waals surface area contributed by atoms with E-state index in [1.807, 2.05) is 6.92 Å². The minimum Gasteiger partial charge on any atom is -0.326 e. The molecule has 3 rings (SSSR count). The molecule has 3 amide bonds. The van der Waals surface area contributed by atoms with Crippen LogP contribution in [0.15, 0.2) is 66.7 Å². The number of nitrogens with one attached hydrogen (secondary N) is 3. The maximum absolute atomic E-state index is 13.0. The van der Waals surface area contributed by atoms with Gasteiger partial charge in [0.2, 0.25) is 5.91 Å². The molecule has 3 aromatic carbocycles. The summed E-state index contributed by atoms with van der Waals surface area (Å²) in [6, 6.07) is 16.9. The smallest absolute Gasteiger partial charge is 0.255 e. The van der Waals surface area contributed by atoms with Crippen LogP contribution in [0.25, 0.3) is 0 Å². The molecule has 0 unspecified atom stereocenters. The molecule has 0 aliphatic heterocycles. The van der Waals surface area contributed by atoms with Crippen molar-refractivity contribution in [3.63, 3.8) is 0 Å². The van der Waals surface area contributed by atoms with Crippen LogP contribution in [0.5, 0.6) is 0 Å².